The molecule has 36 heavy (non-hydrogen) atoms. The van der Waals surface area contributed by atoms with Crippen molar-refractivity contribution < 1.29 is 23.1 Å². The van der Waals surface area contributed by atoms with Crippen molar-refractivity contribution in [2.75, 3.05) is 5.32 Å². The Bertz CT molecular complexity index is 1440. The highest BCUT2D eigenvalue weighted by atomic mass is 32.1. The topological polar surface area (TPSA) is 112 Å². The molecule has 0 saturated carbocycles. The van der Waals surface area contributed by atoms with E-state index in [9.17, 15) is 18.4 Å². The van der Waals surface area contributed by atoms with Crippen LogP contribution in [0.2, 0.25) is 0 Å². The summed E-state index contributed by atoms with van der Waals surface area (Å²) >= 11 is 0.849. The van der Waals surface area contributed by atoms with E-state index in [0.29, 0.717) is 16.7 Å². The van der Waals surface area contributed by atoms with E-state index in [2.05, 4.69) is 36.2 Å². The molecule has 0 aliphatic heterocycles. The lowest BCUT2D eigenvalue weighted by Crippen LogP contribution is -2.18. The van der Waals surface area contributed by atoms with Gasteiger partial charge < -0.3 is 15.8 Å². The number of ether oxygens (including phenoxy) is 1. The molecule has 0 unspecified atom stereocenters. The fourth-order valence-corrected chi connectivity index (χ4v) is 4.70. The largest absolute Gasteiger partial charge is 0.471 e. The summed E-state index contributed by atoms with van der Waals surface area (Å²) in [7, 11) is 0. The van der Waals surface area contributed by atoms with E-state index < -0.39 is 23.9 Å². The average Bonchev–Trinajstić information content (AvgIpc) is 3.42. The standard InChI is InChI=1S/C25H25F2N5O3S/c1-13-11-17(21(26)27)29-24-18(13)19(20(36-24)22(28)33)30-23(34)16-9-10-32(31-16)12-35-15-7-5-14(6-8-15)25(2,3)4/h5-11,21H,12H2,1-4H3,(H2,28,33)(H,30,34). The summed E-state index contributed by atoms with van der Waals surface area (Å²) in [6.45, 7) is 8.06. The van der Waals surface area contributed by atoms with Crippen LogP contribution in [0.4, 0.5) is 14.5 Å². The number of halogens is 2. The number of carbonyl (C=O) groups is 2. The minimum Gasteiger partial charge on any atom is -0.471 e. The first kappa shape index (κ1) is 25.2. The average molecular weight is 514 g/mol. The number of pyridine rings is 1. The summed E-state index contributed by atoms with van der Waals surface area (Å²) < 4.78 is 33.5. The summed E-state index contributed by atoms with van der Waals surface area (Å²) in [5.74, 6) is -0.739. The van der Waals surface area contributed by atoms with Gasteiger partial charge >= 0.3 is 0 Å². The van der Waals surface area contributed by atoms with E-state index in [1.54, 1.807) is 13.1 Å². The van der Waals surface area contributed by atoms with Crippen LogP contribution in [0.15, 0.2) is 42.6 Å². The number of hydrogen-bond donors (Lipinski definition) is 2. The molecule has 0 radical (unpaired) electrons. The van der Waals surface area contributed by atoms with Gasteiger partial charge in [0, 0.05) is 11.6 Å². The summed E-state index contributed by atoms with van der Waals surface area (Å²) in [4.78, 5) is 29.1. The van der Waals surface area contributed by atoms with Gasteiger partial charge in [-0.1, -0.05) is 32.9 Å². The zero-order valence-corrected chi connectivity index (χ0v) is 21.0. The highest BCUT2D eigenvalue weighted by Gasteiger charge is 2.24. The number of rotatable bonds is 7. The number of nitrogens with one attached hydrogen (secondary N) is 1. The molecule has 0 atom stereocenters. The highest BCUT2D eigenvalue weighted by Crippen LogP contribution is 2.38. The molecule has 0 saturated heterocycles. The first-order valence-corrected chi connectivity index (χ1v) is 11.9. The number of fused-ring (bicyclic) bond motifs is 1. The first-order valence-electron chi connectivity index (χ1n) is 11.0. The maximum absolute atomic E-state index is 13.2. The van der Waals surface area contributed by atoms with E-state index in [1.165, 1.54) is 22.4 Å². The Morgan fingerprint density at radius 1 is 1.19 bits per heavy atom. The third-order valence-corrected chi connectivity index (χ3v) is 6.62. The van der Waals surface area contributed by atoms with Gasteiger partial charge in [-0.05, 0) is 47.7 Å². The summed E-state index contributed by atoms with van der Waals surface area (Å²) in [6, 6.07) is 10.5. The van der Waals surface area contributed by atoms with Crippen LogP contribution in [0.25, 0.3) is 10.2 Å². The Balaban J connectivity index is 1.51. The van der Waals surface area contributed by atoms with E-state index in [1.807, 2.05) is 24.3 Å². The quantitative estimate of drug-likeness (QED) is 0.343. The van der Waals surface area contributed by atoms with Crippen molar-refractivity contribution in [3.05, 3.63) is 70.0 Å². The van der Waals surface area contributed by atoms with Gasteiger partial charge in [-0.25, -0.2) is 18.4 Å². The zero-order chi connectivity index (χ0) is 26.2. The Kier molecular flexibility index (Phi) is 6.77. The normalized spacial score (nSPS) is 11.8. The maximum Gasteiger partial charge on any atom is 0.280 e. The van der Waals surface area contributed by atoms with Crippen molar-refractivity contribution in [3.63, 3.8) is 0 Å². The molecule has 8 nitrogen and oxygen atoms in total. The van der Waals surface area contributed by atoms with Gasteiger partial charge in [0.25, 0.3) is 18.2 Å². The first-order chi connectivity index (χ1) is 16.9. The molecule has 3 heterocycles. The Hall–Kier alpha value is -3.86. The third-order valence-electron chi connectivity index (χ3n) is 5.52. The van der Waals surface area contributed by atoms with E-state index in [-0.39, 0.29) is 33.2 Å². The van der Waals surface area contributed by atoms with Crippen LogP contribution in [0.1, 0.15) is 64.2 Å². The van der Waals surface area contributed by atoms with Crippen LogP contribution in [-0.2, 0) is 12.1 Å². The van der Waals surface area contributed by atoms with Gasteiger partial charge in [0.05, 0.1) is 5.69 Å². The SMILES string of the molecule is Cc1cc(C(F)F)nc2sc(C(N)=O)c(NC(=O)c3ccn(COc4ccc(C(C)(C)C)cc4)n3)c12. The van der Waals surface area contributed by atoms with Crippen LogP contribution in [0.5, 0.6) is 5.75 Å². The van der Waals surface area contributed by atoms with Crippen molar-refractivity contribution in [3.8, 4) is 5.75 Å². The molecule has 0 aliphatic rings. The molecule has 1 aromatic carbocycles. The second kappa shape index (κ2) is 9.65. The van der Waals surface area contributed by atoms with Gasteiger partial charge in [-0.2, -0.15) is 5.10 Å². The monoisotopic (exact) mass is 513 g/mol. The lowest BCUT2D eigenvalue weighted by atomic mass is 9.87. The number of aromatic nitrogens is 3. The number of nitrogens with two attached hydrogens (primary N) is 1. The zero-order valence-electron chi connectivity index (χ0n) is 20.1. The van der Waals surface area contributed by atoms with Gasteiger partial charge in [-0.3, -0.25) is 9.59 Å². The molecule has 0 fully saturated rings. The van der Waals surface area contributed by atoms with Crippen molar-refractivity contribution in [2.24, 2.45) is 5.73 Å². The molecule has 2 amide bonds. The number of aryl methyl sites for hydroxylation is 1. The second-order valence-electron chi connectivity index (χ2n) is 9.26. The number of primary amides is 1. The van der Waals surface area contributed by atoms with Crippen molar-refractivity contribution >= 4 is 39.1 Å². The van der Waals surface area contributed by atoms with Crippen LogP contribution in [-0.4, -0.2) is 26.6 Å². The number of anilines is 1. The molecule has 4 rings (SSSR count). The lowest BCUT2D eigenvalue weighted by molar-refractivity contribution is 0.100. The van der Waals surface area contributed by atoms with Gasteiger partial charge in [0.2, 0.25) is 0 Å². The number of hydrogen-bond acceptors (Lipinski definition) is 6. The van der Waals surface area contributed by atoms with Crippen LogP contribution in [0, 0.1) is 6.92 Å². The molecule has 3 N–H and O–H groups in total. The Labute approximate surface area is 210 Å². The Morgan fingerprint density at radius 3 is 2.50 bits per heavy atom. The molecule has 11 heteroatoms. The van der Waals surface area contributed by atoms with Gasteiger partial charge in [-0.15, -0.1) is 11.3 Å². The van der Waals surface area contributed by atoms with Gasteiger partial charge in [0.15, 0.2) is 12.4 Å². The number of thiophene rings is 1. The smallest absolute Gasteiger partial charge is 0.280 e. The van der Waals surface area contributed by atoms with Gasteiger partial charge in [0.1, 0.15) is 21.2 Å². The van der Waals surface area contributed by atoms with Crippen molar-refractivity contribution in [1.29, 1.82) is 0 Å². The summed E-state index contributed by atoms with van der Waals surface area (Å²) in [5, 5.41) is 7.27. The van der Waals surface area contributed by atoms with Crippen LogP contribution in [0.3, 0.4) is 0 Å². The summed E-state index contributed by atoms with van der Waals surface area (Å²) in [5.41, 5.74) is 6.92. The molecule has 0 spiro atoms. The minimum atomic E-state index is -2.77. The van der Waals surface area contributed by atoms with Crippen LogP contribution < -0.4 is 15.8 Å². The fraction of sp³-hybridized carbons (Fsp3) is 0.280. The van der Waals surface area contributed by atoms with E-state index in [0.717, 1.165) is 11.3 Å². The Morgan fingerprint density at radius 2 is 1.89 bits per heavy atom. The third kappa shape index (κ3) is 5.20. The highest BCUT2D eigenvalue weighted by molar-refractivity contribution is 7.21. The number of amides is 2. The lowest BCUT2D eigenvalue weighted by Gasteiger charge is -2.19. The molecular formula is C25H25F2N5O3S. The molecule has 3 aromatic heterocycles. The summed E-state index contributed by atoms with van der Waals surface area (Å²) in [6.07, 6.45) is -1.19. The molecule has 0 aliphatic carbocycles. The van der Waals surface area contributed by atoms with Crippen molar-refractivity contribution in [2.45, 2.75) is 46.3 Å². The van der Waals surface area contributed by atoms with E-state index in [4.69, 9.17) is 10.5 Å². The predicted octanol–water partition coefficient (Wildman–Crippen LogP) is 5.42. The van der Waals surface area contributed by atoms with E-state index >= 15 is 0 Å². The number of carbonyl (C=O) groups excluding carboxylic acids is 2. The predicted molar refractivity (Wildman–Crippen MR) is 134 cm³/mol. The number of benzene rings is 1. The molecular weight excluding hydrogens is 488 g/mol. The molecule has 188 valence electrons. The maximum atomic E-state index is 13.2. The van der Waals surface area contributed by atoms with Crippen LogP contribution >= 0.6 is 11.3 Å². The van der Waals surface area contributed by atoms with Crippen molar-refractivity contribution in [1.82, 2.24) is 14.8 Å². The minimum absolute atomic E-state index is 0.0156. The number of alkyl halides is 2. The number of nitrogens with zero attached hydrogens (tertiary/aromatic N) is 3. The second-order valence-corrected chi connectivity index (χ2v) is 10.3. The molecule has 4 aromatic rings. The fourth-order valence-electron chi connectivity index (χ4n) is 3.64. The molecule has 0 bridgehead atoms.